The van der Waals surface area contributed by atoms with Gasteiger partial charge in [-0.1, -0.05) is 6.07 Å². The summed E-state index contributed by atoms with van der Waals surface area (Å²) in [5.41, 5.74) is 0.456. The molecular formula is C21H26N4O4S2. The fourth-order valence-corrected chi connectivity index (χ4v) is 5.18. The van der Waals surface area contributed by atoms with Crippen LogP contribution >= 0.6 is 11.3 Å². The van der Waals surface area contributed by atoms with Gasteiger partial charge in [-0.2, -0.15) is 0 Å². The number of amides is 2. The van der Waals surface area contributed by atoms with Crippen LogP contribution < -0.4 is 10.0 Å². The second kappa shape index (κ2) is 9.47. The number of nitrogens with one attached hydrogen (secondary N) is 2. The van der Waals surface area contributed by atoms with Crippen molar-refractivity contribution < 1.29 is 18.0 Å². The van der Waals surface area contributed by atoms with Crippen molar-refractivity contribution in [3.05, 3.63) is 52.2 Å². The van der Waals surface area contributed by atoms with E-state index in [4.69, 9.17) is 0 Å². The van der Waals surface area contributed by atoms with Crippen LogP contribution in [0.4, 0.5) is 0 Å². The Morgan fingerprint density at radius 3 is 2.35 bits per heavy atom. The van der Waals surface area contributed by atoms with Crippen molar-refractivity contribution in [2.45, 2.75) is 30.3 Å². The third kappa shape index (κ3) is 5.91. The molecule has 0 bridgehead atoms. The monoisotopic (exact) mass is 462 g/mol. The molecule has 0 radical (unpaired) electrons. The Morgan fingerprint density at radius 1 is 1.03 bits per heavy atom. The number of benzene rings is 1. The summed E-state index contributed by atoms with van der Waals surface area (Å²) in [4.78, 5) is 29.6. The van der Waals surface area contributed by atoms with Gasteiger partial charge in [0, 0.05) is 49.2 Å². The highest BCUT2D eigenvalue weighted by Crippen LogP contribution is 2.18. The van der Waals surface area contributed by atoms with Gasteiger partial charge in [0.05, 0.1) is 11.4 Å². The molecule has 31 heavy (non-hydrogen) atoms. The highest BCUT2D eigenvalue weighted by Gasteiger charge is 2.27. The molecule has 1 saturated carbocycles. The number of carbonyl (C=O) groups is 2. The molecule has 1 aliphatic carbocycles. The van der Waals surface area contributed by atoms with Gasteiger partial charge in [0.15, 0.2) is 0 Å². The zero-order valence-corrected chi connectivity index (χ0v) is 18.8. The third-order valence-corrected chi connectivity index (χ3v) is 7.69. The second-order valence-electron chi connectivity index (χ2n) is 7.84. The summed E-state index contributed by atoms with van der Waals surface area (Å²) in [7, 11) is -3.64. The normalized spacial score (nSPS) is 17.5. The van der Waals surface area contributed by atoms with E-state index in [2.05, 4.69) is 14.9 Å². The first kappa shape index (κ1) is 21.9. The Balaban J connectivity index is 1.28. The van der Waals surface area contributed by atoms with Crippen LogP contribution in [0.15, 0.2) is 46.7 Å². The van der Waals surface area contributed by atoms with Gasteiger partial charge in [-0.05, 0) is 48.6 Å². The zero-order chi connectivity index (χ0) is 21.8. The number of carbonyl (C=O) groups excluding carboxylic acids is 2. The van der Waals surface area contributed by atoms with E-state index in [0.29, 0.717) is 44.3 Å². The summed E-state index contributed by atoms with van der Waals surface area (Å²) in [6.07, 6.45) is 2.14. The van der Waals surface area contributed by atoms with Gasteiger partial charge in [-0.15, -0.1) is 11.3 Å². The molecule has 8 nitrogen and oxygen atoms in total. The van der Waals surface area contributed by atoms with Crippen LogP contribution in [0.2, 0.25) is 0 Å². The van der Waals surface area contributed by atoms with E-state index < -0.39 is 10.0 Å². The minimum absolute atomic E-state index is 0.0479. The van der Waals surface area contributed by atoms with Crippen LogP contribution in [0.5, 0.6) is 0 Å². The van der Waals surface area contributed by atoms with Crippen molar-refractivity contribution in [3.63, 3.8) is 0 Å². The lowest BCUT2D eigenvalue weighted by Gasteiger charge is -2.34. The highest BCUT2D eigenvalue weighted by atomic mass is 32.2. The van der Waals surface area contributed by atoms with Crippen molar-refractivity contribution in [3.8, 4) is 0 Å². The Morgan fingerprint density at radius 2 is 1.74 bits per heavy atom. The first-order chi connectivity index (χ1) is 14.9. The third-order valence-electron chi connectivity index (χ3n) is 5.40. The number of hydrogen-bond acceptors (Lipinski definition) is 6. The van der Waals surface area contributed by atoms with Gasteiger partial charge >= 0.3 is 0 Å². The molecule has 1 saturated heterocycles. The first-order valence-electron chi connectivity index (χ1n) is 10.3. The molecule has 2 heterocycles. The van der Waals surface area contributed by atoms with Crippen LogP contribution in [-0.4, -0.2) is 68.8 Å². The SMILES string of the molecule is O=C(CN1CCN(C(=O)c2ccc(S(=O)(=O)NCc3cccs3)cc2)CC1)NC1CC1. The van der Waals surface area contributed by atoms with Gasteiger partial charge in [0.2, 0.25) is 15.9 Å². The number of hydrogen-bond donors (Lipinski definition) is 2. The van der Waals surface area contributed by atoms with Crippen molar-refractivity contribution in [1.82, 2.24) is 19.8 Å². The maximum absolute atomic E-state index is 12.8. The molecule has 0 spiro atoms. The zero-order valence-electron chi connectivity index (χ0n) is 17.1. The van der Waals surface area contributed by atoms with Crippen molar-refractivity contribution in [1.29, 1.82) is 0 Å². The van der Waals surface area contributed by atoms with E-state index in [9.17, 15) is 18.0 Å². The van der Waals surface area contributed by atoms with Gasteiger partial charge in [-0.25, -0.2) is 13.1 Å². The molecule has 1 aromatic heterocycles. The summed E-state index contributed by atoms with van der Waals surface area (Å²) >= 11 is 1.49. The Hall–Kier alpha value is -2.27. The summed E-state index contributed by atoms with van der Waals surface area (Å²) in [6, 6.07) is 10.1. The second-order valence-corrected chi connectivity index (χ2v) is 10.6. The molecule has 0 atom stereocenters. The molecule has 1 aliphatic heterocycles. The predicted octanol–water partition coefficient (Wildman–Crippen LogP) is 1.26. The number of piperazine rings is 1. The van der Waals surface area contributed by atoms with Crippen LogP contribution in [0.3, 0.4) is 0 Å². The number of thiophene rings is 1. The molecule has 10 heteroatoms. The van der Waals surface area contributed by atoms with E-state index in [1.165, 1.54) is 23.5 Å². The van der Waals surface area contributed by atoms with Crippen molar-refractivity contribution in [2.24, 2.45) is 0 Å². The van der Waals surface area contributed by atoms with E-state index in [1.54, 1.807) is 17.0 Å². The molecule has 4 rings (SSSR count). The highest BCUT2D eigenvalue weighted by molar-refractivity contribution is 7.89. The van der Waals surface area contributed by atoms with E-state index in [1.807, 2.05) is 17.5 Å². The Labute approximate surface area is 186 Å². The largest absolute Gasteiger partial charge is 0.352 e. The lowest BCUT2D eigenvalue weighted by molar-refractivity contribution is -0.122. The summed E-state index contributed by atoms with van der Waals surface area (Å²) < 4.78 is 27.5. The van der Waals surface area contributed by atoms with Gasteiger partial charge in [-0.3, -0.25) is 14.5 Å². The van der Waals surface area contributed by atoms with Crippen LogP contribution in [0.25, 0.3) is 0 Å². The van der Waals surface area contributed by atoms with Crippen LogP contribution in [0.1, 0.15) is 28.1 Å². The molecule has 166 valence electrons. The number of nitrogens with zero attached hydrogens (tertiary/aromatic N) is 2. The fraction of sp³-hybridized carbons (Fsp3) is 0.429. The first-order valence-corrected chi connectivity index (χ1v) is 12.7. The molecule has 2 N–H and O–H groups in total. The Bertz CT molecular complexity index is 1010. The van der Waals surface area contributed by atoms with E-state index >= 15 is 0 Å². The van der Waals surface area contributed by atoms with Crippen LogP contribution in [-0.2, 0) is 21.4 Å². The van der Waals surface area contributed by atoms with E-state index in [0.717, 1.165) is 17.7 Å². The van der Waals surface area contributed by atoms with E-state index in [-0.39, 0.29) is 23.3 Å². The van der Waals surface area contributed by atoms with Crippen molar-refractivity contribution >= 4 is 33.2 Å². The molecule has 2 fully saturated rings. The maximum atomic E-state index is 12.8. The van der Waals surface area contributed by atoms with Crippen molar-refractivity contribution in [2.75, 3.05) is 32.7 Å². The standard InChI is InChI=1S/C21H26N4O4S2/c26-20(23-17-5-6-17)15-24-9-11-25(12-10-24)21(27)16-3-7-19(8-4-16)31(28,29)22-14-18-2-1-13-30-18/h1-4,7-8,13,17,22H,5-6,9-12,14-15H2,(H,23,26). The fourth-order valence-electron chi connectivity index (χ4n) is 3.44. The molecule has 1 aromatic carbocycles. The van der Waals surface area contributed by atoms with Crippen LogP contribution in [0, 0.1) is 0 Å². The molecule has 0 unspecified atom stereocenters. The lowest BCUT2D eigenvalue weighted by atomic mass is 10.2. The molecule has 2 aromatic rings. The Kier molecular flexibility index (Phi) is 6.71. The minimum atomic E-state index is -3.64. The smallest absolute Gasteiger partial charge is 0.253 e. The maximum Gasteiger partial charge on any atom is 0.253 e. The molecule has 2 aliphatic rings. The van der Waals surface area contributed by atoms with Gasteiger partial charge in [0.25, 0.3) is 5.91 Å². The predicted molar refractivity (Wildman–Crippen MR) is 118 cm³/mol. The number of sulfonamides is 1. The topological polar surface area (TPSA) is 98.8 Å². The molecule has 2 amide bonds. The average molecular weight is 463 g/mol. The summed E-state index contributed by atoms with van der Waals surface area (Å²) in [6.45, 7) is 2.97. The summed E-state index contributed by atoms with van der Waals surface area (Å²) in [5, 5.41) is 4.88. The minimum Gasteiger partial charge on any atom is -0.352 e. The number of rotatable bonds is 8. The van der Waals surface area contributed by atoms with Gasteiger partial charge < -0.3 is 10.2 Å². The lowest BCUT2D eigenvalue weighted by Crippen LogP contribution is -2.51. The van der Waals surface area contributed by atoms with Gasteiger partial charge in [0.1, 0.15) is 0 Å². The average Bonchev–Trinajstić information content (AvgIpc) is 3.42. The molecular weight excluding hydrogens is 436 g/mol. The summed E-state index contributed by atoms with van der Waals surface area (Å²) in [5.74, 6) is -0.0793. The quantitative estimate of drug-likeness (QED) is 0.616.